The lowest BCUT2D eigenvalue weighted by atomic mass is 9.75. The van der Waals surface area contributed by atoms with Gasteiger partial charge in [-0.1, -0.05) is 36.7 Å². The quantitative estimate of drug-likeness (QED) is 0.768. The Morgan fingerprint density at radius 1 is 1.26 bits per heavy atom. The maximum absolute atomic E-state index is 4.57. The summed E-state index contributed by atoms with van der Waals surface area (Å²) >= 11 is 3.60. The first-order valence-corrected chi connectivity index (χ1v) is 8.30. The Bertz CT molecular complexity index is 437. The Morgan fingerprint density at radius 3 is 2.32 bits per heavy atom. The maximum atomic E-state index is 4.57. The van der Waals surface area contributed by atoms with Crippen molar-refractivity contribution in [3.05, 3.63) is 11.3 Å². The summed E-state index contributed by atoms with van der Waals surface area (Å²) < 4.78 is 2.04. The van der Waals surface area contributed by atoms with Gasteiger partial charge in [-0.3, -0.25) is 4.68 Å². The molecule has 1 aliphatic rings. The molecule has 19 heavy (non-hydrogen) atoms. The van der Waals surface area contributed by atoms with Crippen molar-refractivity contribution < 1.29 is 0 Å². The van der Waals surface area contributed by atoms with Gasteiger partial charge in [0, 0.05) is 31.0 Å². The highest BCUT2D eigenvalue weighted by atomic mass is 79.9. The lowest BCUT2D eigenvalue weighted by Crippen LogP contribution is -2.39. The summed E-state index contributed by atoms with van der Waals surface area (Å²) in [5, 5.41) is 5.46. The van der Waals surface area contributed by atoms with Gasteiger partial charge in [0.25, 0.3) is 0 Å². The molecular formula is C15H26BrN3. The van der Waals surface area contributed by atoms with E-state index in [1.165, 1.54) is 24.2 Å². The Morgan fingerprint density at radius 2 is 1.84 bits per heavy atom. The average Bonchev–Trinajstić information content (AvgIpc) is 2.62. The molecule has 0 saturated carbocycles. The number of rotatable bonds is 2. The summed E-state index contributed by atoms with van der Waals surface area (Å²) in [5.74, 6) is 2.15. The van der Waals surface area contributed by atoms with Crippen molar-refractivity contribution >= 4 is 21.7 Å². The molecule has 1 aliphatic heterocycles. The lowest BCUT2D eigenvalue weighted by Gasteiger charge is -2.39. The summed E-state index contributed by atoms with van der Waals surface area (Å²) in [7, 11) is 2.06. The molecular weight excluding hydrogens is 302 g/mol. The number of alkyl halides is 1. The highest BCUT2D eigenvalue weighted by Crippen LogP contribution is 2.36. The van der Waals surface area contributed by atoms with E-state index >= 15 is 0 Å². The van der Waals surface area contributed by atoms with E-state index in [1.54, 1.807) is 0 Å². The van der Waals surface area contributed by atoms with Crippen molar-refractivity contribution in [2.75, 3.05) is 18.0 Å². The van der Waals surface area contributed by atoms with Crippen LogP contribution < -0.4 is 4.90 Å². The van der Waals surface area contributed by atoms with E-state index in [2.05, 4.69) is 60.7 Å². The van der Waals surface area contributed by atoms with Crippen molar-refractivity contribution in [2.45, 2.75) is 45.9 Å². The van der Waals surface area contributed by atoms with E-state index in [4.69, 9.17) is 0 Å². The largest absolute Gasteiger partial charge is 0.357 e. The number of hydrogen-bond donors (Lipinski definition) is 0. The van der Waals surface area contributed by atoms with Crippen LogP contribution in [-0.4, -0.2) is 22.9 Å². The Balaban J connectivity index is 2.14. The third kappa shape index (κ3) is 2.99. The summed E-state index contributed by atoms with van der Waals surface area (Å²) in [6.07, 6.45) is 2.57. The summed E-state index contributed by atoms with van der Waals surface area (Å²) in [6, 6.07) is 0. The minimum atomic E-state index is 0.437. The molecule has 0 spiro atoms. The van der Waals surface area contributed by atoms with E-state index in [-0.39, 0.29) is 0 Å². The Kier molecular flexibility index (Phi) is 4.29. The number of aromatic nitrogens is 2. The van der Waals surface area contributed by atoms with Crippen LogP contribution in [0.5, 0.6) is 0 Å². The number of nitrogens with zero attached hydrogens (tertiary/aromatic N) is 3. The summed E-state index contributed by atoms with van der Waals surface area (Å²) in [6.45, 7) is 11.5. The molecule has 1 fully saturated rings. The van der Waals surface area contributed by atoms with Crippen molar-refractivity contribution in [1.29, 1.82) is 0 Å². The molecule has 0 unspecified atom stereocenters. The standard InChI is InChI=1S/C15H26BrN3/c1-11-13(10-16)14(18(5)17-11)19-8-6-12(7-9-19)15(2,3)4/h12H,6-10H2,1-5H3. The topological polar surface area (TPSA) is 21.1 Å². The zero-order chi connectivity index (χ0) is 14.2. The smallest absolute Gasteiger partial charge is 0.130 e. The van der Waals surface area contributed by atoms with Crippen LogP contribution in [0, 0.1) is 18.3 Å². The van der Waals surface area contributed by atoms with Crippen LogP contribution >= 0.6 is 15.9 Å². The molecule has 4 heteroatoms. The van der Waals surface area contributed by atoms with E-state index in [0.29, 0.717) is 5.41 Å². The highest BCUT2D eigenvalue weighted by Gasteiger charge is 2.30. The molecule has 1 saturated heterocycles. The highest BCUT2D eigenvalue weighted by molar-refractivity contribution is 9.08. The zero-order valence-electron chi connectivity index (χ0n) is 12.8. The fourth-order valence-corrected chi connectivity index (χ4v) is 3.86. The molecule has 1 aromatic rings. The fourth-order valence-electron chi connectivity index (χ4n) is 3.20. The van der Waals surface area contributed by atoms with E-state index in [9.17, 15) is 0 Å². The molecule has 0 aromatic carbocycles. The predicted molar refractivity (Wildman–Crippen MR) is 85.0 cm³/mol. The second-order valence-corrected chi connectivity index (χ2v) is 7.33. The molecule has 1 aromatic heterocycles. The van der Waals surface area contributed by atoms with Gasteiger partial charge in [0.2, 0.25) is 0 Å². The molecule has 3 nitrogen and oxygen atoms in total. The molecule has 0 N–H and O–H groups in total. The SMILES string of the molecule is Cc1nn(C)c(N2CCC(C(C)(C)C)CC2)c1CBr. The second-order valence-electron chi connectivity index (χ2n) is 6.77. The Labute approximate surface area is 125 Å². The van der Waals surface area contributed by atoms with Gasteiger partial charge >= 0.3 is 0 Å². The number of anilines is 1. The van der Waals surface area contributed by atoms with Gasteiger partial charge in [-0.25, -0.2) is 0 Å². The van der Waals surface area contributed by atoms with E-state index < -0.39 is 0 Å². The normalized spacial score (nSPS) is 18.1. The summed E-state index contributed by atoms with van der Waals surface area (Å²) in [4.78, 5) is 2.51. The van der Waals surface area contributed by atoms with Crippen LogP contribution in [0.2, 0.25) is 0 Å². The van der Waals surface area contributed by atoms with Gasteiger partial charge in [-0.2, -0.15) is 5.10 Å². The van der Waals surface area contributed by atoms with Crippen molar-refractivity contribution in [1.82, 2.24) is 9.78 Å². The van der Waals surface area contributed by atoms with E-state index in [1.807, 2.05) is 4.68 Å². The monoisotopic (exact) mass is 327 g/mol. The van der Waals surface area contributed by atoms with Crippen LogP contribution in [0.15, 0.2) is 0 Å². The molecule has 0 aliphatic carbocycles. The van der Waals surface area contributed by atoms with Gasteiger partial charge in [0.15, 0.2) is 0 Å². The predicted octanol–water partition coefficient (Wildman–Crippen LogP) is 3.89. The first kappa shape index (κ1) is 14.9. The number of aryl methyl sites for hydroxylation is 2. The molecule has 0 amide bonds. The number of piperidine rings is 1. The third-order valence-corrected chi connectivity index (χ3v) is 5.03. The Hall–Kier alpha value is -0.510. The number of halogens is 1. The molecule has 108 valence electrons. The maximum Gasteiger partial charge on any atom is 0.130 e. The van der Waals surface area contributed by atoms with Crippen molar-refractivity contribution in [2.24, 2.45) is 18.4 Å². The van der Waals surface area contributed by atoms with Crippen LogP contribution in [0.4, 0.5) is 5.82 Å². The average molecular weight is 328 g/mol. The summed E-state index contributed by atoms with van der Waals surface area (Å²) in [5.41, 5.74) is 2.93. The van der Waals surface area contributed by atoms with Gasteiger partial charge in [-0.15, -0.1) is 0 Å². The lowest BCUT2D eigenvalue weighted by molar-refractivity contribution is 0.198. The minimum Gasteiger partial charge on any atom is -0.357 e. The van der Waals surface area contributed by atoms with Gasteiger partial charge in [-0.05, 0) is 31.1 Å². The van der Waals surface area contributed by atoms with Crippen LogP contribution in [0.1, 0.15) is 44.9 Å². The first-order chi connectivity index (χ1) is 8.84. The molecule has 0 radical (unpaired) electrons. The molecule has 2 rings (SSSR count). The fraction of sp³-hybridized carbons (Fsp3) is 0.800. The van der Waals surface area contributed by atoms with Gasteiger partial charge in [0.05, 0.1) is 5.69 Å². The van der Waals surface area contributed by atoms with Crippen LogP contribution in [-0.2, 0) is 12.4 Å². The molecule has 2 heterocycles. The third-order valence-electron chi connectivity index (χ3n) is 4.47. The zero-order valence-corrected chi connectivity index (χ0v) is 14.4. The van der Waals surface area contributed by atoms with Crippen LogP contribution in [0.25, 0.3) is 0 Å². The molecule has 0 bridgehead atoms. The van der Waals surface area contributed by atoms with Crippen molar-refractivity contribution in [3.8, 4) is 0 Å². The van der Waals surface area contributed by atoms with E-state index in [0.717, 1.165) is 30.0 Å². The number of hydrogen-bond acceptors (Lipinski definition) is 2. The first-order valence-electron chi connectivity index (χ1n) is 7.18. The van der Waals surface area contributed by atoms with Crippen LogP contribution in [0.3, 0.4) is 0 Å². The van der Waals surface area contributed by atoms with Gasteiger partial charge in [0.1, 0.15) is 5.82 Å². The van der Waals surface area contributed by atoms with Gasteiger partial charge < -0.3 is 4.90 Å². The molecule has 0 atom stereocenters. The minimum absolute atomic E-state index is 0.437. The second kappa shape index (κ2) is 5.47. The van der Waals surface area contributed by atoms with Crippen molar-refractivity contribution in [3.63, 3.8) is 0 Å².